The van der Waals surface area contributed by atoms with Crippen molar-refractivity contribution in [3.8, 4) is 0 Å². The van der Waals surface area contributed by atoms with Crippen LogP contribution in [0.25, 0.3) is 0 Å². The van der Waals surface area contributed by atoms with Crippen LogP contribution in [0.15, 0.2) is 47.4 Å². The van der Waals surface area contributed by atoms with E-state index in [-0.39, 0.29) is 11.4 Å². The molecule has 25 heavy (non-hydrogen) atoms. The Kier molecular flexibility index (Phi) is 6.77. The van der Waals surface area contributed by atoms with Gasteiger partial charge in [-0.1, -0.05) is 23.7 Å². The van der Waals surface area contributed by atoms with Crippen molar-refractivity contribution in [2.24, 2.45) is 0 Å². The largest absolute Gasteiger partial charge is 0.306 e. The molecule has 0 saturated heterocycles. The first-order valence-corrected chi connectivity index (χ1v) is 10.1. The predicted molar refractivity (Wildman–Crippen MR) is 95.9 cm³/mol. The summed E-state index contributed by atoms with van der Waals surface area (Å²) in [5.74, 6) is 0.119. The second kappa shape index (κ2) is 8.61. The molecule has 0 atom stereocenters. The van der Waals surface area contributed by atoms with Gasteiger partial charge in [0.2, 0.25) is 15.8 Å². The molecule has 2 aromatic carbocycles. The Labute approximate surface area is 153 Å². The summed E-state index contributed by atoms with van der Waals surface area (Å²) in [5, 5.41) is 11.3. The van der Waals surface area contributed by atoms with Crippen molar-refractivity contribution in [2.75, 3.05) is 12.3 Å². The van der Waals surface area contributed by atoms with Gasteiger partial charge in [0.15, 0.2) is 0 Å². The minimum absolute atomic E-state index is 0.145. The predicted octanol–water partition coefficient (Wildman–Crippen LogP) is 3.60. The third kappa shape index (κ3) is 5.67. The average Bonchev–Trinajstić information content (AvgIpc) is 2.56. The highest BCUT2D eigenvalue weighted by Gasteiger charge is 2.21. The Bertz CT molecular complexity index is 860. The highest BCUT2D eigenvalue weighted by molar-refractivity contribution is 7.98. The van der Waals surface area contributed by atoms with Crippen LogP contribution in [0.2, 0.25) is 5.02 Å². The van der Waals surface area contributed by atoms with E-state index in [9.17, 15) is 22.9 Å². The van der Waals surface area contributed by atoms with E-state index in [1.54, 1.807) is 12.1 Å². The van der Waals surface area contributed by atoms with Crippen molar-refractivity contribution in [2.45, 2.75) is 10.6 Å². The van der Waals surface area contributed by atoms with Crippen LogP contribution in [0, 0.1) is 15.9 Å². The average molecular weight is 405 g/mol. The second-order valence-electron chi connectivity index (χ2n) is 4.95. The fourth-order valence-corrected chi connectivity index (χ4v) is 4.03. The highest BCUT2D eigenvalue weighted by atomic mass is 35.5. The van der Waals surface area contributed by atoms with Gasteiger partial charge in [-0.05, 0) is 29.8 Å². The number of nitro benzene ring substituents is 1. The summed E-state index contributed by atoms with van der Waals surface area (Å²) in [6.07, 6.45) is 0. The van der Waals surface area contributed by atoms with Gasteiger partial charge in [0, 0.05) is 29.1 Å². The first kappa shape index (κ1) is 19.6. The van der Waals surface area contributed by atoms with E-state index in [4.69, 9.17) is 11.6 Å². The molecule has 134 valence electrons. The molecular formula is C15H14ClFN2O4S2. The maximum absolute atomic E-state index is 13.3. The number of benzene rings is 2. The zero-order valence-corrected chi connectivity index (χ0v) is 15.2. The second-order valence-corrected chi connectivity index (χ2v) is 8.26. The lowest BCUT2D eigenvalue weighted by atomic mass is 10.2. The summed E-state index contributed by atoms with van der Waals surface area (Å²) in [4.78, 5) is 9.39. The van der Waals surface area contributed by atoms with Crippen molar-refractivity contribution in [1.82, 2.24) is 4.72 Å². The maximum Gasteiger partial charge on any atom is 0.306 e. The Balaban J connectivity index is 1.88. The first-order valence-electron chi connectivity index (χ1n) is 7.05. The van der Waals surface area contributed by atoms with Gasteiger partial charge in [-0.3, -0.25) is 10.1 Å². The topological polar surface area (TPSA) is 89.3 Å². The van der Waals surface area contributed by atoms with E-state index < -0.39 is 26.5 Å². The summed E-state index contributed by atoms with van der Waals surface area (Å²) in [6.45, 7) is 0.145. The lowest BCUT2D eigenvalue weighted by Crippen LogP contribution is -2.26. The van der Waals surface area contributed by atoms with E-state index in [1.165, 1.54) is 11.8 Å². The molecular weight excluding hydrogens is 391 g/mol. The molecule has 2 rings (SSSR count). The summed E-state index contributed by atoms with van der Waals surface area (Å²) >= 11 is 7.32. The number of thioether (sulfide) groups is 1. The fourth-order valence-electron chi connectivity index (χ4n) is 1.90. The van der Waals surface area contributed by atoms with Crippen LogP contribution >= 0.6 is 23.4 Å². The Morgan fingerprint density at radius 2 is 1.88 bits per heavy atom. The lowest BCUT2D eigenvalue weighted by Gasteiger charge is -2.07. The molecule has 0 spiro atoms. The van der Waals surface area contributed by atoms with Crippen molar-refractivity contribution in [3.05, 3.63) is 69.0 Å². The molecule has 0 unspecified atom stereocenters. The van der Waals surface area contributed by atoms with Crippen LogP contribution in [0.5, 0.6) is 0 Å². The van der Waals surface area contributed by atoms with Crippen LogP contribution in [0.4, 0.5) is 10.1 Å². The van der Waals surface area contributed by atoms with Crippen LogP contribution in [0.1, 0.15) is 5.56 Å². The summed E-state index contributed by atoms with van der Waals surface area (Å²) in [6, 6.07) is 9.80. The van der Waals surface area contributed by atoms with E-state index in [0.717, 1.165) is 17.7 Å². The zero-order chi connectivity index (χ0) is 18.4. The number of sulfonamides is 1. The Morgan fingerprint density at radius 1 is 1.20 bits per heavy atom. The van der Waals surface area contributed by atoms with E-state index >= 15 is 0 Å². The molecule has 6 nitrogen and oxygen atoms in total. The van der Waals surface area contributed by atoms with Gasteiger partial charge < -0.3 is 0 Å². The lowest BCUT2D eigenvalue weighted by molar-refractivity contribution is -0.387. The third-order valence-corrected chi connectivity index (χ3v) is 5.89. The normalized spacial score (nSPS) is 11.4. The van der Waals surface area contributed by atoms with Gasteiger partial charge in [0.1, 0.15) is 0 Å². The van der Waals surface area contributed by atoms with Crippen LogP contribution in [-0.4, -0.2) is 25.6 Å². The van der Waals surface area contributed by atoms with Gasteiger partial charge in [-0.25, -0.2) is 13.1 Å². The molecule has 0 aliphatic heterocycles. The van der Waals surface area contributed by atoms with E-state index in [2.05, 4.69) is 4.72 Å². The number of nitro groups is 1. The van der Waals surface area contributed by atoms with Crippen LogP contribution in [-0.2, 0) is 15.8 Å². The molecule has 0 fully saturated rings. The molecule has 10 heteroatoms. The number of hydrogen-bond donors (Lipinski definition) is 1. The van der Waals surface area contributed by atoms with Crippen LogP contribution < -0.4 is 4.72 Å². The monoisotopic (exact) mass is 404 g/mol. The number of nitrogens with zero attached hydrogens (tertiary/aromatic N) is 1. The molecule has 0 saturated carbocycles. The summed E-state index contributed by atoms with van der Waals surface area (Å²) < 4.78 is 39.8. The third-order valence-electron chi connectivity index (χ3n) is 3.15. The molecule has 1 N–H and O–H groups in total. The zero-order valence-electron chi connectivity index (χ0n) is 12.8. The molecule has 0 radical (unpaired) electrons. The number of rotatable bonds is 8. The summed E-state index contributed by atoms with van der Waals surface area (Å²) in [5.41, 5.74) is 0.186. The van der Waals surface area contributed by atoms with Gasteiger partial charge in [0.25, 0.3) is 0 Å². The van der Waals surface area contributed by atoms with Crippen molar-refractivity contribution in [3.63, 3.8) is 0 Å². The van der Waals surface area contributed by atoms with Crippen molar-refractivity contribution in [1.29, 1.82) is 0 Å². The molecule has 0 bridgehead atoms. The maximum atomic E-state index is 13.3. The summed E-state index contributed by atoms with van der Waals surface area (Å²) in [7, 11) is -3.94. The van der Waals surface area contributed by atoms with Gasteiger partial charge in [0.05, 0.1) is 9.82 Å². The standard InChI is InChI=1S/C15H14ClFN2O4S2/c16-12-3-1-11(2-4-12)10-24-8-7-18-25(22,23)13-5-6-14(17)15(9-13)19(20)21/h1-6,9,18H,7-8,10H2. The van der Waals surface area contributed by atoms with Gasteiger partial charge in [-0.2, -0.15) is 16.2 Å². The minimum Gasteiger partial charge on any atom is -0.258 e. The van der Waals surface area contributed by atoms with Gasteiger partial charge >= 0.3 is 5.69 Å². The number of halogens is 2. The SMILES string of the molecule is O=[N+]([O-])c1cc(S(=O)(=O)NCCSCc2ccc(Cl)cc2)ccc1F. The van der Waals surface area contributed by atoms with Gasteiger partial charge in [-0.15, -0.1) is 0 Å². The minimum atomic E-state index is -3.94. The highest BCUT2D eigenvalue weighted by Crippen LogP contribution is 2.21. The quantitative estimate of drug-likeness (QED) is 0.412. The Morgan fingerprint density at radius 3 is 2.52 bits per heavy atom. The molecule has 2 aromatic rings. The molecule has 0 aliphatic rings. The number of nitrogens with one attached hydrogen (secondary N) is 1. The fraction of sp³-hybridized carbons (Fsp3) is 0.200. The van der Waals surface area contributed by atoms with E-state index in [0.29, 0.717) is 22.6 Å². The molecule has 0 aromatic heterocycles. The van der Waals surface area contributed by atoms with Crippen LogP contribution in [0.3, 0.4) is 0 Å². The smallest absolute Gasteiger partial charge is 0.258 e. The molecule has 0 amide bonds. The molecule has 0 heterocycles. The van der Waals surface area contributed by atoms with Crippen molar-refractivity contribution < 1.29 is 17.7 Å². The first-order chi connectivity index (χ1) is 11.8. The van der Waals surface area contributed by atoms with E-state index in [1.807, 2.05) is 12.1 Å². The Hall–Kier alpha value is -1.68. The number of hydrogen-bond acceptors (Lipinski definition) is 5. The van der Waals surface area contributed by atoms with Crippen molar-refractivity contribution >= 4 is 39.1 Å². The molecule has 0 aliphatic carbocycles.